The van der Waals surface area contributed by atoms with Crippen molar-refractivity contribution in [3.05, 3.63) is 22.2 Å². The summed E-state index contributed by atoms with van der Waals surface area (Å²) in [6.07, 6.45) is 5.77. The molecule has 0 saturated carbocycles. The molecule has 0 bridgehead atoms. The first-order valence-electron chi connectivity index (χ1n) is 8.93. The number of unbranched alkanes of at least 4 members (excludes halogenated alkanes) is 1. The predicted octanol–water partition coefficient (Wildman–Crippen LogP) is 4.64. The number of carboxylic acids is 1. The lowest BCUT2D eigenvalue weighted by atomic mass is 9.93. The molecule has 140 valence electrons. The molecule has 1 aromatic rings. The maximum atomic E-state index is 11.8. The Labute approximate surface area is 158 Å². The minimum absolute atomic E-state index is 0.0514. The molecule has 2 rings (SSSR count). The average molecular weight is 414 g/mol. The quantitative estimate of drug-likeness (QED) is 0.672. The fraction of sp³-hybridized carbons (Fsp3) is 0.632. The maximum absolute atomic E-state index is 11.8. The molecule has 1 aromatic carbocycles. The Hall–Kier alpha value is -1.27. The molecule has 6 heteroatoms. The van der Waals surface area contributed by atoms with Crippen molar-refractivity contribution in [2.45, 2.75) is 57.5 Å². The summed E-state index contributed by atoms with van der Waals surface area (Å²) < 4.78 is 11.8. The zero-order valence-electron chi connectivity index (χ0n) is 15.3. The maximum Gasteiger partial charge on any atom is 0.320 e. The number of aliphatic carboxylic acids is 1. The van der Waals surface area contributed by atoms with E-state index in [4.69, 9.17) is 9.47 Å². The van der Waals surface area contributed by atoms with Gasteiger partial charge in [-0.15, -0.1) is 0 Å². The molecule has 1 N–H and O–H groups in total. The number of ether oxygens (including phenoxy) is 2. The normalized spacial score (nSPS) is 19.4. The molecular weight excluding hydrogens is 386 g/mol. The predicted molar refractivity (Wildman–Crippen MR) is 101 cm³/mol. The second-order valence-corrected chi connectivity index (χ2v) is 7.33. The van der Waals surface area contributed by atoms with Crippen LogP contribution in [0.3, 0.4) is 0 Å². The molecule has 25 heavy (non-hydrogen) atoms. The van der Waals surface area contributed by atoms with Gasteiger partial charge in [-0.25, -0.2) is 0 Å². The van der Waals surface area contributed by atoms with Gasteiger partial charge in [0.05, 0.1) is 14.2 Å². The van der Waals surface area contributed by atoms with Crippen LogP contribution >= 0.6 is 15.9 Å². The Morgan fingerprint density at radius 2 is 2.00 bits per heavy atom. The number of nitrogens with zero attached hydrogens (tertiary/aromatic N) is 1. The molecule has 1 fully saturated rings. The lowest BCUT2D eigenvalue weighted by Crippen LogP contribution is -2.46. The smallest absolute Gasteiger partial charge is 0.320 e. The van der Waals surface area contributed by atoms with E-state index in [1.165, 1.54) is 0 Å². The van der Waals surface area contributed by atoms with E-state index in [-0.39, 0.29) is 6.04 Å². The first kappa shape index (κ1) is 20.0. The molecular formula is C19H28BrNO4. The molecule has 0 aliphatic carbocycles. The number of methoxy groups -OCH3 is 2. The Morgan fingerprint density at radius 3 is 2.60 bits per heavy atom. The minimum Gasteiger partial charge on any atom is -0.493 e. The highest BCUT2D eigenvalue weighted by atomic mass is 79.9. The van der Waals surface area contributed by atoms with E-state index in [1.807, 2.05) is 12.1 Å². The van der Waals surface area contributed by atoms with Crippen molar-refractivity contribution in [3.63, 3.8) is 0 Å². The van der Waals surface area contributed by atoms with Crippen molar-refractivity contribution < 1.29 is 19.4 Å². The number of hydrogen-bond acceptors (Lipinski definition) is 4. The van der Waals surface area contributed by atoms with Crippen LogP contribution < -0.4 is 9.47 Å². The van der Waals surface area contributed by atoms with Crippen LogP contribution in [0, 0.1) is 0 Å². The van der Waals surface area contributed by atoms with Crippen LogP contribution in [0.25, 0.3) is 0 Å². The van der Waals surface area contributed by atoms with Crippen LogP contribution in [0.15, 0.2) is 16.6 Å². The Balaban J connectivity index is 2.44. The van der Waals surface area contributed by atoms with Gasteiger partial charge in [0.15, 0.2) is 11.5 Å². The van der Waals surface area contributed by atoms with Gasteiger partial charge in [0.25, 0.3) is 0 Å². The van der Waals surface area contributed by atoms with E-state index in [1.54, 1.807) is 14.2 Å². The van der Waals surface area contributed by atoms with Crippen LogP contribution in [0.1, 0.15) is 57.1 Å². The standard InChI is InChI=1S/C19H28BrNO4/c1-4-5-8-15(21-10-7-6-9-16(21)19(22)23)13-11-17(24-2)18(25-3)12-14(13)20/h11-12,15-16H,4-10H2,1-3H3,(H,22,23). The Bertz CT molecular complexity index is 593. The summed E-state index contributed by atoms with van der Waals surface area (Å²) in [6, 6.07) is 3.52. The summed E-state index contributed by atoms with van der Waals surface area (Å²) in [6.45, 7) is 2.97. The van der Waals surface area contributed by atoms with Gasteiger partial charge in [-0.2, -0.15) is 0 Å². The average Bonchev–Trinajstić information content (AvgIpc) is 2.62. The van der Waals surface area contributed by atoms with Crippen LogP contribution in [0.4, 0.5) is 0 Å². The van der Waals surface area contributed by atoms with Crippen molar-refractivity contribution in [3.8, 4) is 11.5 Å². The highest BCUT2D eigenvalue weighted by Crippen LogP contribution is 2.41. The van der Waals surface area contributed by atoms with Crippen molar-refractivity contribution in [2.24, 2.45) is 0 Å². The van der Waals surface area contributed by atoms with Crippen LogP contribution in [-0.2, 0) is 4.79 Å². The Morgan fingerprint density at radius 1 is 1.32 bits per heavy atom. The van der Waals surface area contributed by atoms with E-state index >= 15 is 0 Å². The number of piperidine rings is 1. The van der Waals surface area contributed by atoms with E-state index < -0.39 is 12.0 Å². The largest absolute Gasteiger partial charge is 0.493 e. The van der Waals surface area contributed by atoms with Gasteiger partial charge in [-0.3, -0.25) is 9.69 Å². The number of carboxylic acid groups (broad SMARTS) is 1. The van der Waals surface area contributed by atoms with Crippen LogP contribution in [0.5, 0.6) is 11.5 Å². The SMILES string of the molecule is CCCCC(c1cc(OC)c(OC)cc1Br)N1CCCCC1C(=O)O. The van der Waals surface area contributed by atoms with Crippen molar-refractivity contribution in [2.75, 3.05) is 20.8 Å². The molecule has 5 nitrogen and oxygen atoms in total. The highest BCUT2D eigenvalue weighted by molar-refractivity contribution is 9.10. The molecule has 0 radical (unpaired) electrons. The van der Waals surface area contributed by atoms with Crippen LogP contribution in [-0.4, -0.2) is 42.8 Å². The molecule has 2 atom stereocenters. The lowest BCUT2D eigenvalue weighted by molar-refractivity contribution is -0.146. The van der Waals surface area contributed by atoms with Gasteiger partial charge < -0.3 is 14.6 Å². The number of halogens is 1. The third kappa shape index (κ3) is 4.67. The van der Waals surface area contributed by atoms with Gasteiger partial charge in [-0.05, 0) is 43.5 Å². The first-order valence-corrected chi connectivity index (χ1v) is 9.72. The third-order valence-corrected chi connectivity index (χ3v) is 5.61. The second-order valence-electron chi connectivity index (χ2n) is 6.47. The van der Waals surface area contributed by atoms with Crippen molar-refractivity contribution in [1.29, 1.82) is 0 Å². The summed E-state index contributed by atoms with van der Waals surface area (Å²) in [5.41, 5.74) is 1.07. The van der Waals surface area contributed by atoms with Crippen molar-refractivity contribution in [1.82, 2.24) is 4.90 Å². The monoisotopic (exact) mass is 413 g/mol. The highest BCUT2D eigenvalue weighted by Gasteiger charge is 2.35. The molecule has 2 unspecified atom stereocenters. The molecule has 0 aromatic heterocycles. The number of rotatable bonds is 8. The number of likely N-dealkylation sites (tertiary alicyclic amines) is 1. The molecule has 1 saturated heterocycles. The molecule has 1 heterocycles. The molecule has 0 spiro atoms. The fourth-order valence-electron chi connectivity index (χ4n) is 3.61. The number of benzene rings is 1. The van der Waals surface area contributed by atoms with E-state index in [9.17, 15) is 9.90 Å². The molecule has 0 amide bonds. The summed E-state index contributed by atoms with van der Waals surface area (Å²) >= 11 is 3.66. The van der Waals surface area contributed by atoms with Gasteiger partial charge >= 0.3 is 5.97 Å². The van der Waals surface area contributed by atoms with Gasteiger partial charge in [0, 0.05) is 10.5 Å². The number of hydrogen-bond donors (Lipinski definition) is 1. The van der Waals surface area contributed by atoms with E-state index in [0.29, 0.717) is 17.9 Å². The summed E-state index contributed by atoms with van der Waals surface area (Å²) in [5.74, 6) is 0.615. The van der Waals surface area contributed by atoms with E-state index in [0.717, 1.165) is 48.7 Å². The number of carbonyl (C=O) groups is 1. The van der Waals surface area contributed by atoms with Crippen LogP contribution in [0.2, 0.25) is 0 Å². The second kappa shape index (κ2) is 9.43. The minimum atomic E-state index is -0.724. The zero-order chi connectivity index (χ0) is 18.4. The molecule has 1 aliphatic rings. The Kier molecular flexibility index (Phi) is 7.56. The summed E-state index contributed by atoms with van der Waals surface area (Å²) in [4.78, 5) is 13.9. The van der Waals surface area contributed by atoms with Gasteiger partial charge in [-0.1, -0.05) is 42.1 Å². The van der Waals surface area contributed by atoms with Gasteiger partial charge in [0.1, 0.15) is 6.04 Å². The van der Waals surface area contributed by atoms with Crippen molar-refractivity contribution >= 4 is 21.9 Å². The summed E-state index contributed by atoms with van der Waals surface area (Å²) in [7, 11) is 3.24. The molecule has 1 aliphatic heterocycles. The van der Waals surface area contributed by atoms with Gasteiger partial charge in [0.2, 0.25) is 0 Å². The first-order chi connectivity index (χ1) is 12.0. The third-order valence-electron chi connectivity index (χ3n) is 4.92. The van der Waals surface area contributed by atoms with E-state index in [2.05, 4.69) is 27.8 Å². The zero-order valence-corrected chi connectivity index (χ0v) is 16.8. The topological polar surface area (TPSA) is 59.0 Å². The summed E-state index contributed by atoms with van der Waals surface area (Å²) in [5, 5.41) is 9.68. The fourth-order valence-corrected chi connectivity index (χ4v) is 4.20. The lowest BCUT2D eigenvalue weighted by Gasteiger charge is -2.40.